The van der Waals surface area contributed by atoms with Crippen molar-refractivity contribution in [2.45, 2.75) is 25.6 Å². The molecule has 0 heterocycles. The predicted octanol–water partition coefficient (Wildman–Crippen LogP) is 2.61. The van der Waals surface area contributed by atoms with Crippen LogP contribution in [0.15, 0.2) is 24.3 Å². The summed E-state index contributed by atoms with van der Waals surface area (Å²) in [6, 6.07) is 8.36. The molecule has 1 atom stereocenters. The van der Waals surface area contributed by atoms with E-state index in [-0.39, 0.29) is 5.91 Å². The second kappa shape index (κ2) is 15.5. The van der Waals surface area contributed by atoms with Crippen molar-refractivity contribution in [1.29, 1.82) is 0 Å². The number of carbonyl (C=O) groups excluding carboxylic acids is 1. The normalized spacial score (nSPS) is 12.8. The summed E-state index contributed by atoms with van der Waals surface area (Å²) < 4.78 is 0.872. The van der Waals surface area contributed by atoms with Gasteiger partial charge in [0.2, 0.25) is 5.91 Å². The summed E-state index contributed by atoms with van der Waals surface area (Å²) in [4.78, 5) is 15.4. The Hall–Kier alpha value is -0.380. The van der Waals surface area contributed by atoms with Crippen LogP contribution in [0.4, 0.5) is 5.69 Å². The smallest absolute Gasteiger partial charge is 0.230 e. The Morgan fingerprint density at radius 2 is 1.81 bits per heavy atom. The van der Waals surface area contributed by atoms with Gasteiger partial charge in [0.15, 0.2) is 0 Å². The van der Waals surface area contributed by atoms with E-state index in [2.05, 4.69) is 80.4 Å². The maximum absolute atomic E-state index is 12.5. The molecule has 1 N–H and O–H groups in total. The fraction of sp³-hybridized carbons (Fsp3) is 0.682. The maximum atomic E-state index is 12.5. The average molecular weight is 585 g/mol. The number of nitrogens with zero attached hydrogens (tertiary/aromatic N) is 3. The van der Waals surface area contributed by atoms with Crippen molar-refractivity contribution in [3.05, 3.63) is 29.8 Å². The SMILES string of the molecule is CN(CCCl)c1ccc(CN(CCC[N+](C)(C)CCCNC(=O)CBr)C([O-])CBr)cc1. The molecule has 9 heteroatoms. The third-order valence-electron chi connectivity index (χ3n) is 5.31. The molecule has 178 valence electrons. The van der Waals surface area contributed by atoms with E-state index in [1.54, 1.807) is 0 Å². The van der Waals surface area contributed by atoms with Crippen LogP contribution in [0.2, 0.25) is 0 Å². The summed E-state index contributed by atoms with van der Waals surface area (Å²) in [6.45, 7) is 4.87. The minimum atomic E-state index is -0.770. The topological polar surface area (TPSA) is 58.6 Å². The highest BCUT2D eigenvalue weighted by atomic mass is 79.9. The van der Waals surface area contributed by atoms with Crippen molar-refractivity contribution < 1.29 is 14.4 Å². The van der Waals surface area contributed by atoms with Crippen LogP contribution in [0.3, 0.4) is 0 Å². The van der Waals surface area contributed by atoms with Crippen molar-refractivity contribution in [2.24, 2.45) is 0 Å². The minimum Gasteiger partial charge on any atom is -0.840 e. The molecule has 6 nitrogen and oxygen atoms in total. The summed E-state index contributed by atoms with van der Waals surface area (Å²) in [5.74, 6) is 0.617. The standard InChI is InChI=1S/C22H37Br2ClN4O2/c1-27(13-10-25)20-8-6-19(7-9-20)18-28(22(31)17-24)12-5-15-29(2,3)14-4-11-26-21(30)16-23/h6-9,22H,4-5,10-18H2,1-3H3,(H,26,30). The third kappa shape index (κ3) is 11.9. The van der Waals surface area contributed by atoms with Crippen molar-refractivity contribution in [3.8, 4) is 0 Å². The third-order valence-corrected chi connectivity index (χ3v) is 6.55. The number of anilines is 1. The summed E-state index contributed by atoms with van der Waals surface area (Å²) in [5.41, 5.74) is 2.27. The average Bonchev–Trinajstić information content (AvgIpc) is 2.75. The van der Waals surface area contributed by atoms with Crippen LogP contribution in [0, 0.1) is 0 Å². The number of halogens is 3. The van der Waals surface area contributed by atoms with Gasteiger partial charge in [0.05, 0.1) is 32.5 Å². The molecule has 0 saturated carbocycles. The highest BCUT2D eigenvalue weighted by Gasteiger charge is 2.16. The highest BCUT2D eigenvalue weighted by Crippen LogP contribution is 2.16. The minimum absolute atomic E-state index is 0.0240. The molecule has 1 aromatic carbocycles. The van der Waals surface area contributed by atoms with Gasteiger partial charge in [-0.15, -0.1) is 11.6 Å². The zero-order valence-corrected chi connectivity index (χ0v) is 22.9. The van der Waals surface area contributed by atoms with Crippen LogP contribution < -0.4 is 15.3 Å². The van der Waals surface area contributed by atoms with Crippen LogP contribution >= 0.6 is 43.5 Å². The highest BCUT2D eigenvalue weighted by molar-refractivity contribution is 9.09. The Morgan fingerprint density at radius 3 is 2.39 bits per heavy atom. The Balaban J connectivity index is 2.52. The first kappa shape index (κ1) is 28.7. The fourth-order valence-corrected chi connectivity index (χ4v) is 4.23. The Kier molecular flexibility index (Phi) is 14.3. The quantitative estimate of drug-likeness (QED) is 0.141. The Morgan fingerprint density at radius 1 is 1.16 bits per heavy atom. The van der Waals surface area contributed by atoms with Gasteiger partial charge in [-0.2, -0.15) is 0 Å². The van der Waals surface area contributed by atoms with Gasteiger partial charge in [0.1, 0.15) is 0 Å². The summed E-state index contributed by atoms with van der Waals surface area (Å²) in [5, 5.41) is 16.2. The molecule has 0 fully saturated rings. The number of carbonyl (C=O) groups is 1. The summed E-state index contributed by atoms with van der Waals surface area (Å²) in [7, 11) is 6.43. The first-order chi connectivity index (χ1) is 14.7. The monoisotopic (exact) mass is 582 g/mol. The van der Waals surface area contributed by atoms with Gasteiger partial charge < -0.3 is 24.7 Å². The molecule has 31 heavy (non-hydrogen) atoms. The lowest BCUT2D eigenvalue weighted by atomic mass is 10.1. The molecule has 1 unspecified atom stereocenters. The van der Waals surface area contributed by atoms with Crippen molar-refractivity contribution in [1.82, 2.24) is 10.2 Å². The van der Waals surface area contributed by atoms with E-state index in [1.807, 2.05) is 11.9 Å². The van der Waals surface area contributed by atoms with Gasteiger partial charge in [0.25, 0.3) is 0 Å². The number of hydrogen-bond acceptors (Lipinski definition) is 4. The number of rotatable bonds is 16. The lowest BCUT2D eigenvalue weighted by molar-refractivity contribution is -0.890. The molecule has 1 aromatic rings. The van der Waals surface area contributed by atoms with E-state index < -0.39 is 6.23 Å². The molecule has 0 bridgehead atoms. The van der Waals surface area contributed by atoms with E-state index in [4.69, 9.17) is 11.6 Å². The van der Waals surface area contributed by atoms with Crippen molar-refractivity contribution in [3.63, 3.8) is 0 Å². The molecule has 0 radical (unpaired) electrons. The number of quaternary nitrogens is 1. The second-order valence-corrected chi connectivity index (χ2v) is 10.0. The van der Waals surface area contributed by atoms with Crippen molar-refractivity contribution in [2.75, 3.05) is 75.3 Å². The predicted molar refractivity (Wildman–Crippen MR) is 136 cm³/mol. The van der Waals surface area contributed by atoms with Crippen LogP contribution in [-0.4, -0.2) is 91.9 Å². The maximum Gasteiger partial charge on any atom is 0.230 e. The second-order valence-electron chi connectivity index (χ2n) is 8.43. The molecule has 0 saturated heterocycles. The van der Waals surface area contributed by atoms with Gasteiger partial charge in [0, 0.05) is 63.0 Å². The lowest BCUT2D eigenvalue weighted by Crippen LogP contribution is -2.48. The molecule has 0 aliphatic rings. The van der Waals surface area contributed by atoms with Crippen LogP contribution in [0.25, 0.3) is 0 Å². The van der Waals surface area contributed by atoms with Gasteiger partial charge in [-0.1, -0.05) is 50.2 Å². The van der Waals surface area contributed by atoms with Gasteiger partial charge in [-0.25, -0.2) is 0 Å². The molecular formula is C22H37Br2ClN4O2. The van der Waals surface area contributed by atoms with E-state index >= 15 is 0 Å². The van der Waals surface area contributed by atoms with E-state index in [1.165, 1.54) is 0 Å². The van der Waals surface area contributed by atoms with Crippen LogP contribution in [-0.2, 0) is 11.3 Å². The molecule has 1 rings (SSSR count). The Labute approximate surface area is 209 Å². The fourth-order valence-electron chi connectivity index (χ4n) is 3.36. The van der Waals surface area contributed by atoms with Gasteiger partial charge in [-0.3, -0.25) is 4.79 Å². The van der Waals surface area contributed by atoms with Gasteiger partial charge >= 0.3 is 0 Å². The zero-order chi connectivity index (χ0) is 23.3. The lowest BCUT2D eigenvalue weighted by Gasteiger charge is -2.37. The van der Waals surface area contributed by atoms with Crippen LogP contribution in [0.1, 0.15) is 18.4 Å². The summed E-state index contributed by atoms with van der Waals surface area (Å²) >= 11 is 12.3. The number of hydrogen-bond donors (Lipinski definition) is 1. The van der Waals surface area contributed by atoms with Gasteiger partial charge in [-0.05, 0) is 17.7 Å². The van der Waals surface area contributed by atoms with Crippen LogP contribution in [0.5, 0.6) is 0 Å². The number of benzene rings is 1. The molecular weight excluding hydrogens is 548 g/mol. The number of amides is 1. The first-order valence-electron chi connectivity index (χ1n) is 10.7. The zero-order valence-electron chi connectivity index (χ0n) is 19.0. The Bertz CT molecular complexity index is 634. The van der Waals surface area contributed by atoms with Crippen molar-refractivity contribution >= 4 is 55.1 Å². The molecule has 0 aliphatic heterocycles. The van der Waals surface area contributed by atoms with E-state index in [0.717, 1.165) is 54.8 Å². The molecule has 0 aliphatic carbocycles. The van der Waals surface area contributed by atoms with E-state index in [9.17, 15) is 9.90 Å². The molecule has 0 spiro atoms. The number of nitrogens with one attached hydrogen (secondary N) is 1. The first-order valence-corrected chi connectivity index (χ1v) is 13.5. The van der Waals surface area contributed by atoms with E-state index in [0.29, 0.717) is 29.6 Å². The molecule has 1 amide bonds. The number of alkyl halides is 3. The largest absolute Gasteiger partial charge is 0.840 e. The summed E-state index contributed by atoms with van der Waals surface area (Å²) in [6.07, 6.45) is 1.11. The molecule has 0 aromatic heterocycles.